The molecule has 6 nitrogen and oxygen atoms in total. The van der Waals surface area contributed by atoms with Gasteiger partial charge in [0.2, 0.25) is 5.76 Å². The largest absolute Gasteiger partial charge is 0.486 e. The van der Waals surface area contributed by atoms with Crippen LogP contribution < -0.4 is 4.74 Å². The van der Waals surface area contributed by atoms with Crippen molar-refractivity contribution in [2.45, 2.75) is 20.1 Å². The third-order valence-corrected chi connectivity index (χ3v) is 3.99. The van der Waals surface area contributed by atoms with Crippen LogP contribution in [0.15, 0.2) is 71.4 Å². The van der Waals surface area contributed by atoms with E-state index in [0.29, 0.717) is 11.5 Å². The van der Waals surface area contributed by atoms with Crippen molar-refractivity contribution in [2.75, 3.05) is 0 Å². The summed E-state index contributed by atoms with van der Waals surface area (Å²) in [7, 11) is 0. The number of fused-ring (bicyclic) bond motifs is 1. The van der Waals surface area contributed by atoms with Crippen molar-refractivity contribution in [1.29, 1.82) is 0 Å². The molecule has 0 amide bonds. The van der Waals surface area contributed by atoms with Gasteiger partial charge in [-0.25, -0.2) is 9.78 Å². The number of rotatable bonds is 6. The van der Waals surface area contributed by atoms with Crippen LogP contribution in [0.4, 0.5) is 0 Å². The van der Waals surface area contributed by atoms with E-state index < -0.39 is 5.97 Å². The maximum atomic E-state index is 12.2. The fourth-order valence-electron chi connectivity index (χ4n) is 2.67. The van der Waals surface area contributed by atoms with Gasteiger partial charge in [-0.2, -0.15) is 0 Å². The SMILES string of the molecule is Cc1ccc2nc(COC(=O)c3ccc(COc4ccccc4)o3)cn2c1. The summed E-state index contributed by atoms with van der Waals surface area (Å²) in [6.07, 6.45) is 3.82. The van der Waals surface area contributed by atoms with Gasteiger partial charge in [0.25, 0.3) is 0 Å². The zero-order chi connectivity index (χ0) is 18.6. The number of ether oxygens (including phenoxy) is 2. The van der Waals surface area contributed by atoms with Gasteiger partial charge >= 0.3 is 5.97 Å². The molecule has 0 spiro atoms. The van der Waals surface area contributed by atoms with Gasteiger partial charge in [-0.3, -0.25) is 0 Å². The molecule has 0 saturated carbocycles. The second kappa shape index (κ2) is 7.37. The summed E-state index contributed by atoms with van der Waals surface area (Å²) in [6, 6.07) is 16.6. The van der Waals surface area contributed by atoms with E-state index in [0.717, 1.165) is 17.0 Å². The van der Waals surface area contributed by atoms with Crippen LogP contribution in [0.5, 0.6) is 5.75 Å². The summed E-state index contributed by atoms with van der Waals surface area (Å²) in [4.78, 5) is 16.6. The van der Waals surface area contributed by atoms with Gasteiger partial charge in [0.15, 0.2) is 0 Å². The van der Waals surface area contributed by atoms with Gasteiger partial charge in [-0.15, -0.1) is 0 Å². The summed E-state index contributed by atoms with van der Waals surface area (Å²) < 4.78 is 18.3. The quantitative estimate of drug-likeness (QED) is 0.482. The maximum Gasteiger partial charge on any atom is 0.374 e. The molecule has 0 radical (unpaired) electrons. The molecule has 4 rings (SSSR count). The van der Waals surface area contributed by atoms with Gasteiger partial charge in [0.1, 0.15) is 30.4 Å². The van der Waals surface area contributed by atoms with Crippen LogP contribution in [0.2, 0.25) is 0 Å². The molecule has 0 unspecified atom stereocenters. The predicted molar refractivity (Wildman–Crippen MR) is 98.5 cm³/mol. The van der Waals surface area contributed by atoms with Crippen molar-refractivity contribution in [2.24, 2.45) is 0 Å². The highest BCUT2D eigenvalue weighted by molar-refractivity contribution is 5.86. The number of carbonyl (C=O) groups is 1. The molecule has 3 heterocycles. The minimum absolute atomic E-state index is 0.0795. The minimum Gasteiger partial charge on any atom is -0.486 e. The molecule has 0 saturated heterocycles. The zero-order valence-corrected chi connectivity index (χ0v) is 14.8. The molecule has 27 heavy (non-hydrogen) atoms. The first-order valence-electron chi connectivity index (χ1n) is 8.55. The molecule has 0 fully saturated rings. The number of hydrogen-bond donors (Lipinski definition) is 0. The molecule has 4 aromatic rings. The first kappa shape index (κ1) is 16.9. The second-order valence-corrected chi connectivity index (χ2v) is 6.15. The lowest BCUT2D eigenvalue weighted by Crippen LogP contribution is -2.04. The van der Waals surface area contributed by atoms with Crippen LogP contribution in [0.3, 0.4) is 0 Å². The Morgan fingerprint density at radius 1 is 1.04 bits per heavy atom. The Hall–Kier alpha value is -3.54. The summed E-state index contributed by atoms with van der Waals surface area (Å²) >= 11 is 0. The van der Waals surface area contributed by atoms with Crippen molar-refractivity contribution in [3.63, 3.8) is 0 Å². The van der Waals surface area contributed by atoms with Crippen LogP contribution in [0, 0.1) is 6.92 Å². The molecule has 136 valence electrons. The molecule has 0 aliphatic rings. The number of aromatic nitrogens is 2. The number of furan rings is 1. The van der Waals surface area contributed by atoms with Crippen LogP contribution in [0.1, 0.15) is 27.6 Å². The van der Waals surface area contributed by atoms with Gasteiger partial charge in [0.05, 0.1) is 5.69 Å². The number of hydrogen-bond acceptors (Lipinski definition) is 5. The molecule has 0 N–H and O–H groups in total. The van der Waals surface area contributed by atoms with Gasteiger partial charge < -0.3 is 18.3 Å². The lowest BCUT2D eigenvalue weighted by atomic mass is 10.3. The number of aryl methyl sites for hydroxylation is 1. The minimum atomic E-state index is -0.533. The molecule has 0 aliphatic heterocycles. The highest BCUT2D eigenvalue weighted by Crippen LogP contribution is 2.15. The summed E-state index contributed by atoms with van der Waals surface area (Å²) in [5.74, 6) is 0.893. The van der Waals surface area contributed by atoms with Crippen molar-refractivity contribution in [1.82, 2.24) is 9.38 Å². The molecule has 0 aliphatic carbocycles. The highest BCUT2D eigenvalue weighted by atomic mass is 16.5. The normalized spacial score (nSPS) is 10.9. The highest BCUT2D eigenvalue weighted by Gasteiger charge is 2.14. The average molecular weight is 362 g/mol. The molecule has 3 aromatic heterocycles. The van der Waals surface area contributed by atoms with E-state index in [9.17, 15) is 4.79 Å². The monoisotopic (exact) mass is 362 g/mol. The van der Waals surface area contributed by atoms with E-state index in [1.54, 1.807) is 12.1 Å². The topological polar surface area (TPSA) is 66.0 Å². The van der Waals surface area contributed by atoms with Crippen LogP contribution in [0.25, 0.3) is 5.65 Å². The van der Waals surface area contributed by atoms with Crippen molar-refractivity contribution in [3.05, 3.63) is 89.8 Å². The number of carbonyl (C=O) groups excluding carboxylic acids is 1. The Morgan fingerprint density at radius 2 is 1.89 bits per heavy atom. The first-order chi connectivity index (χ1) is 13.2. The number of para-hydroxylation sites is 1. The van der Waals surface area contributed by atoms with Gasteiger partial charge in [-0.1, -0.05) is 24.3 Å². The predicted octanol–water partition coefficient (Wildman–Crippen LogP) is 4.17. The van der Waals surface area contributed by atoms with E-state index in [2.05, 4.69) is 4.98 Å². The lowest BCUT2D eigenvalue weighted by molar-refractivity contribution is 0.0428. The van der Waals surface area contributed by atoms with Crippen molar-refractivity contribution >= 4 is 11.6 Å². The fourth-order valence-corrected chi connectivity index (χ4v) is 2.67. The van der Waals surface area contributed by atoms with Crippen molar-refractivity contribution in [3.8, 4) is 5.75 Å². The van der Waals surface area contributed by atoms with Gasteiger partial charge in [-0.05, 0) is 42.8 Å². The zero-order valence-electron chi connectivity index (χ0n) is 14.8. The Bertz CT molecular complexity index is 1070. The summed E-state index contributed by atoms with van der Waals surface area (Å²) in [6.45, 7) is 2.33. The number of esters is 1. The molecule has 6 heteroatoms. The third kappa shape index (κ3) is 4.00. The Morgan fingerprint density at radius 3 is 2.74 bits per heavy atom. The standard InChI is InChI=1S/C21H18N2O4/c1-15-7-10-20-22-16(12-23(20)11-15)13-26-21(24)19-9-8-18(27-19)14-25-17-5-3-2-4-6-17/h2-12H,13-14H2,1H3. The Kier molecular flexibility index (Phi) is 4.61. The number of nitrogens with zero attached hydrogens (tertiary/aromatic N) is 2. The Balaban J connectivity index is 1.34. The first-order valence-corrected chi connectivity index (χ1v) is 8.55. The average Bonchev–Trinajstić information content (AvgIpc) is 3.31. The van der Waals surface area contributed by atoms with Crippen LogP contribution >= 0.6 is 0 Å². The van der Waals surface area contributed by atoms with Crippen LogP contribution in [-0.4, -0.2) is 15.4 Å². The van der Waals surface area contributed by atoms with E-state index in [1.165, 1.54) is 0 Å². The van der Waals surface area contributed by atoms with E-state index in [-0.39, 0.29) is 19.0 Å². The maximum absolute atomic E-state index is 12.2. The summed E-state index contributed by atoms with van der Waals surface area (Å²) in [5, 5.41) is 0. The number of imidazole rings is 1. The van der Waals surface area contributed by atoms with Crippen molar-refractivity contribution < 1.29 is 18.7 Å². The van der Waals surface area contributed by atoms with E-state index >= 15 is 0 Å². The van der Waals surface area contributed by atoms with Gasteiger partial charge in [0, 0.05) is 12.4 Å². The fraction of sp³-hybridized carbons (Fsp3) is 0.143. The van der Waals surface area contributed by atoms with E-state index in [1.807, 2.05) is 66.2 Å². The molecular formula is C21H18N2O4. The molecular weight excluding hydrogens is 344 g/mol. The van der Waals surface area contributed by atoms with Crippen LogP contribution in [-0.2, 0) is 18.0 Å². The lowest BCUT2D eigenvalue weighted by Gasteiger charge is -2.03. The molecule has 1 aromatic carbocycles. The second-order valence-electron chi connectivity index (χ2n) is 6.15. The number of pyridine rings is 1. The molecule has 0 atom stereocenters. The number of benzene rings is 1. The third-order valence-electron chi connectivity index (χ3n) is 3.99. The van der Waals surface area contributed by atoms with E-state index in [4.69, 9.17) is 13.9 Å². The smallest absolute Gasteiger partial charge is 0.374 e. The molecule has 0 bridgehead atoms. The Labute approximate surface area is 156 Å². The summed E-state index contributed by atoms with van der Waals surface area (Å²) in [5.41, 5.74) is 2.61.